The molecular formula is C14H16N2O. The Morgan fingerprint density at radius 2 is 2.06 bits per heavy atom. The van der Waals surface area contributed by atoms with Gasteiger partial charge in [0, 0.05) is 37.7 Å². The summed E-state index contributed by atoms with van der Waals surface area (Å²) in [5.41, 5.74) is 2.12. The van der Waals surface area contributed by atoms with Crippen LogP contribution in [0, 0.1) is 0 Å². The summed E-state index contributed by atoms with van der Waals surface area (Å²) in [7, 11) is 1.78. The zero-order chi connectivity index (χ0) is 11.7. The average Bonchev–Trinajstić information content (AvgIpc) is 2.34. The van der Waals surface area contributed by atoms with Gasteiger partial charge in [0.2, 0.25) is 0 Å². The number of benzene rings is 1. The Morgan fingerprint density at radius 3 is 2.76 bits per heavy atom. The molecule has 88 valence electrons. The summed E-state index contributed by atoms with van der Waals surface area (Å²) >= 11 is 0. The third kappa shape index (κ3) is 1.92. The number of pyridine rings is 1. The van der Waals surface area contributed by atoms with Crippen molar-refractivity contribution < 1.29 is 4.74 Å². The van der Waals surface area contributed by atoms with Gasteiger partial charge in [0.05, 0.1) is 11.1 Å². The van der Waals surface area contributed by atoms with E-state index in [1.165, 1.54) is 5.39 Å². The van der Waals surface area contributed by atoms with Crippen molar-refractivity contribution in [1.29, 1.82) is 0 Å². The highest BCUT2D eigenvalue weighted by Gasteiger charge is 2.37. The highest BCUT2D eigenvalue weighted by molar-refractivity contribution is 5.78. The van der Waals surface area contributed by atoms with Gasteiger partial charge in [-0.1, -0.05) is 24.3 Å². The predicted molar refractivity (Wildman–Crippen MR) is 68.1 cm³/mol. The fourth-order valence-electron chi connectivity index (χ4n) is 2.28. The van der Waals surface area contributed by atoms with E-state index in [0.29, 0.717) is 0 Å². The third-order valence-electron chi connectivity index (χ3n) is 3.49. The summed E-state index contributed by atoms with van der Waals surface area (Å²) in [4.78, 5) is 4.68. The van der Waals surface area contributed by atoms with Crippen LogP contribution in [0.1, 0.15) is 5.69 Å². The Morgan fingerprint density at radius 1 is 1.24 bits per heavy atom. The number of para-hydroxylation sites is 1. The van der Waals surface area contributed by atoms with E-state index in [2.05, 4.69) is 34.6 Å². The maximum atomic E-state index is 5.59. The van der Waals surface area contributed by atoms with Crippen LogP contribution in [0.25, 0.3) is 10.9 Å². The van der Waals surface area contributed by atoms with Crippen LogP contribution in [0.3, 0.4) is 0 Å². The van der Waals surface area contributed by atoms with Crippen molar-refractivity contribution in [2.45, 2.75) is 12.0 Å². The molecule has 17 heavy (non-hydrogen) atoms. The zero-order valence-corrected chi connectivity index (χ0v) is 9.94. The van der Waals surface area contributed by atoms with E-state index < -0.39 is 0 Å². The van der Waals surface area contributed by atoms with Crippen molar-refractivity contribution in [3.8, 4) is 0 Å². The first-order valence-corrected chi connectivity index (χ1v) is 5.92. The van der Waals surface area contributed by atoms with E-state index in [4.69, 9.17) is 4.74 Å². The van der Waals surface area contributed by atoms with Crippen LogP contribution in [0.5, 0.6) is 0 Å². The number of fused-ring (bicyclic) bond motifs is 1. The first-order chi connectivity index (χ1) is 8.31. The van der Waals surface area contributed by atoms with E-state index in [-0.39, 0.29) is 5.60 Å². The van der Waals surface area contributed by atoms with Gasteiger partial charge in [-0.3, -0.25) is 4.98 Å². The number of hydrogen-bond donors (Lipinski definition) is 1. The molecule has 0 aliphatic carbocycles. The van der Waals surface area contributed by atoms with E-state index in [9.17, 15) is 0 Å². The topological polar surface area (TPSA) is 34.1 Å². The second-order valence-electron chi connectivity index (χ2n) is 4.66. The molecule has 0 atom stereocenters. The van der Waals surface area contributed by atoms with Gasteiger partial charge in [0.25, 0.3) is 0 Å². The van der Waals surface area contributed by atoms with Gasteiger partial charge in [0.15, 0.2) is 0 Å². The molecule has 3 heteroatoms. The minimum absolute atomic E-state index is 0.0462. The molecule has 0 amide bonds. The Kier molecular flexibility index (Phi) is 2.57. The van der Waals surface area contributed by atoms with Gasteiger partial charge in [-0.25, -0.2) is 0 Å². The van der Waals surface area contributed by atoms with Crippen LogP contribution >= 0.6 is 0 Å². The lowest BCUT2D eigenvalue weighted by molar-refractivity contribution is -0.0508. The van der Waals surface area contributed by atoms with Crippen molar-refractivity contribution in [2.24, 2.45) is 0 Å². The van der Waals surface area contributed by atoms with Crippen molar-refractivity contribution in [3.05, 3.63) is 42.1 Å². The lowest BCUT2D eigenvalue weighted by Gasteiger charge is -2.41. The fraction of sp³-hybridized carbons (Fsp3) is 0.357. The van der Waals surface area contributed by atoms with Gasteiger partial charge in [-0.2, -0.15) is 0 Å². The number of aromatic nitrogens is 1. The third-order valence-corrected chi connectivity index (χ3v) is 3.49. The largest absolute Gasteiger partial charge is 0.375 e. The SMILES string of the molecule is COC1(Cc2ccc3ccccc3n2)CNC1. The zero-order valence-electron chi connectivity index (χ0n) is 9.94. The van der Waals surface area contributed by atoms with Gasteiger partial charge in [-0.05, 0) is 12.1 Å². The molecule has 0 spiro atoms. The van der Waals surface area contributed by atoms with E-state index in [1.54, 1.807) is 7.11 Å². The minimum Gasteiger partial charge on any atom is -0.375 e. The molecule has 1 aromatic carbocycles. The molecule has 1 aromatic heterocycles. The standard InChI is InChI=1S/C14H16N2O/c1-17-14(9-15-10-14)8-12-7-6-11-4-2-3-5-13(11)16-12/h2-7,15H,8-10H2,1H3. The summed E-state index contributed by atoms with van der Waals surface area (Å²) in [6, 6.07) is 12.4. The highest BCUT2D eigenvalue weighted by Crippen LogP contribution is 2.22. The number of methoxy groups -OCH3 is 1. The average molecular weight is 228 g/mol. The molecule has 0 bridgehead atoms. The molecule has 3 rings (SSSR count). The molecule has 3 nitrogen and oxygen atoms in total. The highest BCUT2D eigenvalue weighted by atomic mass is 16.5. The molecule has 1 N–H and O–H groups in total. The molecule has 1 aliphatic rings. The Labute approximate surface area is 101 Å². The first kappa shape index (κ1) is 10.7. The quantitative estimate of drug-likeness (QED) is 0.869. The molecule has 1 fully saturated rings. The van der Waals surface area contributed by atoms with E-state index in [1.807, 2.05) is 12.1 Å². The predicted octanol–water partition coefficient (Wildman–Crippen LogP) is 1.77. The number of hydrogen-bond acceptors (Lipinski definition) is 3. The molecule has 1 aliphatic heterocycles. The van der Waals surface area contributed by atoms with Crippen LogP contribution in [-0.4, -0.2) is 30.8 Å². The maximum Gasteiger partial charge on any atom is 0.0981 e. The fourth-order valence-corrected chi connectivity index (χ4v) is 2.28. The van der Waals surface area contributed by atoms with Gasteiger partial charge >= 0.3 is 0 Å². The number of nitrogens with zero attached hydrogens (tertiary/aromatic N) is 1. The van der Waals surface area contributed by atoms with Gasteiger partial charge in [0.1, 0.15) is 0 Å². The van der Waals surface area contributed by atoms with Gasteiger partial charge < -0.3 is 10.1 Å². The van der Waals surface area contributed by atoms with Crippen LogP contribution in [0.15, 0.2) is 36.4 Å². The Bertz CT molecular complexity index is 529. The second kappa shape index (κ2) is 4.09. The smallest absolute Gasteiger partial charge is 0.0981 e. The Hall–Kier alpha value is -1.45. The molecular weight excluding hydrogens is 212 g/mol. The lowest BCUT2D eigenvalue weighted by Crippen LogP contribution is -2.62. The van der Waals surface area contributed by atoms with Crippen molar-refractivity contribution in [2.75, 3.05) is 20.2 Å². The molecule has 1 saturated heterocycles. The number of ether oxygens (including phenoxy) is 1. The molecule has 0 radical (unpaired) electrons. The van der Waals surface area contributed by atoms with E-state index in [0.717, 1.165) is 30.7 Å². The van der Waals surface area contributed by atoms with Crippen molar-refractivity contribution >= 4 is 10.9 Å². The minimum atomic E-state index is -0.0462. The molecule has 2 aromatic rings. The number of nitrogens with one attached hydrogen (secondary N) is 1. The van der Waals surface area contributed by atoms with Crippen LogP contribution < -0.4 is 5.32 Å². The molecule has 0 unspecified atom stereocenters. The van der Waals surface area contributed by atoms with Crippen LogP contribution in [-0.2, 0) is 11.2 Å². The summed E-state index contributed by atoms with van der Waals surface area (Å²) in [5, 5.41) is 4.45. The summed E-state index contributed by atoms with van der Waals surface area (Å²) in [6.07, 6.45) is 0.876. The summed E-state index contributed by atoms with van der Waals surface area (Å²) in [6.45, 7) is 1.83. The first-order valence-electron chi connectivity index (χ1n) is 5.92. The van der Waals surface area contributed by atoms with Crippen molar-refractivity contribution in [3.63, 3.8) is 0 Å². The second-order valence-corrected chi connectivity index (χ2v) is 4.66. The van der Waals surface area contributed by atoms with Crippen molar-refractivity contribution in [1.82, 2.24) is 10.3 Å². The molecule has 0 saturated carbocycles. The summed E-state index contributed by atoms with van der Waals surface area (Å²) < 4.78 is 5.59. The summed E-state index contributed by atoms with van der Waals surface area (Å²) in [5.74, 6) is 0. The molecule has 2 heterocycles. The van der Waals surface area contributed by atoms with E-state index >= 15 is 0 Å². The lowest BCUT2D eigenvalue weighted by atomic mass is 9.90. The van der Waals surface area contributed by atoms with Crippen LogP contribution in [0.2, 0.25) is 0 Å². The van der Waals surface area contributed by atoms with Gasteiger partial charge in [-0.15, -0.1) is 0 Å². The Balaban J connectivity index is 1.90. The van der Waals surface area contributed by atoms with Crippen LogP contribution in [0.4, 0.5) is 0 Å². The maximum absolute atomic E-state index is 5.59. The normalized spacial score (nSPS) is 17.9. The number of rotatable bonds is 3. The monoisotopic (exact) mass is 228 g/mol.